The molecule has 96 valence electrons. The van der Waals surface area contributed by atoms with Gasteiger partial charge in [0.1, 0.15) is 0 Å². The van der Waals surface area contributed by atoms with Crippen LogP contribution < -0.4 is 4.24 Å². The Labute approximate surface area is 129 Å². The van der Waals surface area contributed by atoms with Gasteiger partial charge >= 0.3 is 129 Å². The van der Waals surface area contributed by atoms with E-state index in [9.17, 15) is 4.79 Å². The van der Waals surface area contributed by atoms with Gasteiger partial charge in [0.15, 0.2) is 0 Å². The van der Waals surface area contributed by atoms with Crippen molar-refractivity contribution in [1.29, 1.82) is 0 Å². The average molecular weight is 257 g/mol. The van der Waals surface area contributed by atoms with Crippen LogP contribution in [-0.2, 0) is 0 Å². The molecular weight excluding hydrogens is 241 g/mol. The molecular formula is C17H16LiNO. The number of fused-ring (bicyclic) bond motifs is 1. The Morgan fingerprint density at radius 1 is 1.10 bits per heavy atom. The second kappa shape index (κ2) is 6.61. The van der Waals surface area contributed by atoms with Crippen LogP contribution in [0.25, 0.3) is 10.8 Å². The van der Waals surface area contributed by atoms with Gasteiger partial charge in [0.2, 0.25) is 0 Å². The molecule has 2 aromatic rings. The van der Waals surface area contributed by atoms with Crippen molar-refractivity contribution in [1.82, 2.24) is 4.90 Å². The zero-order valence-corrected chi connectivity index (χ0v) is 11.8. The molecule has 0 atom stereocenters. The molecule has 0 fully saturated rings. The van der Waals surface area contributed by atoms with Crippen molar-refractivity contribution in [3.63, 3.8) is 0 Å². The van der Waals surface area contributed by atoms with Crippen molar-refractivity contribution in [2.45, 2.75) is 0 Å². The molecule has 0 aromatic heterocycles. The van der Waals surface area contributed by atoms with Crippen LogP contribution in [0.5, 0.6) is 0 Å². The van der Waals surface area contributed by atoms with E-state index in [4.69, 9.17) is 0 Å². The molecule has 0 aliphatic heterocycles. The van der Waals surface area contributed by atoms with Gasteiger partial charge in [-0.1, -0.05) is 0 Å². The fourth-order valence-electron chi connectivity index (χ4n) is 2.37. The molecule has 3 heteroatoms. The Balaban J connectivity index is 2.55. The number of nitrogens with zero attached hydrogens (tertiary/aromatic N) is 1. The van der Waals surface area contributed by atoms with Gasteiger partial charge in [-0.3, -0.25) is 0 Å². The second-order valence-corrected chi connectivity index (χ2v) is 4.77. The predicted molar refractivity (Wildman–Crippen MR) is 85.6 cm³/mol. The number of amides is 1. The minimum atomic E-state index is 0.0269. The summed E-state index contributed by atoms with van der Waals surface area (Å²) in [5.41, 5.74) is 0.770. The van der Waals surface area contributed by atoms with E-state index >= 15 is 0 Å². The van der Waals surface area contributed by atoms with Gasteiger partial charge in [0.25, 0.3) is 0 Å². The fourth-order valence-corrected chi connectivity index (χ4v) is 2.37. The Hall–Kier alpha value is -1.75. The van der Waals surface area contributed by atoms with Crippen LogP contribution in [0.15, 0.2) is 61.7 Å². The van der Waals surface area contributed by atoms with Gasteiger partial charge < -0.3 is 0 Å². The molecule has 2 nitrogen and oxygen atoms in total. The molecule has 0 aliphatic rings. The van der Waals surface area contributed by atoms with Crippen LogP contribution in [-0.4, -0.2) is 41.6 Å². The van der Waals surface area contributed by atoms with Crippen LogP contribution in [0.2, 0.25) is 0 Å². The standard InChI is InChI=1S/C17H16NO.Li/c1-3-12-18(13-4-2)17(19)16-11-7-9-14-8-5-6-10-15(14)16;/h3-10H,1-2,12-13H2;. The van der Waals surface area contributed by atoms with E-state index in [1.807, 2.05) is 54.1 Å². The van der Waals surface area contributed by atoms with Crippen molar-refractivity contribution in [3.05, 3.63) is 67.3 Å². The summed E-state index contributed by atoms with van der Waals surface area (Å²) in [5, 5.41) is 2.08. The molecule has 0 aliphatic carbocycles. The van der Waals surface area contributed by atoms with Gasteiger partial charge in [-0.2, -0.15) is 0 Å². The second-order valence-electron chi connectivity index (χ2n) is 4.77. The van der Waals surface area contributed by atoms with Crippen LogP contribution in [0.3, 0.4) is 0 Å². The number of rotatable bonds is 5. The number of hydrogen-bond donors (Lipinski definition) is 0. The molecule has 1 amide bonds. The molecule has 0 saturated heterocycles. The Morgan fingerprint density at radius 2 is 1.75 bits per heavy atom. The molecule has 0 N–H and O–H groups in total. The molecule has 2 aromatic carbocycles. The maximum absolute atomic E-state index is 12.8. The predicted octanol–water partition coefficient (Wildman–Crippen LogP) is 2.45. The van der Waals surface area contributed by atoms with Crippen LogP contribution in [0.1, 0.15) is 10.4 Å². The Kier molecular flexibility index (Phi) is 4.84. The first-order valence-corrected chi connectivity index (χ1v) is 6.68. The molecule has 0 spiro atoms. The maximum atomic E-state index is 12.8. The van der Waals surface area contributed by atoms with Gasteiger partial charge in [0, 0.05) is 0 Å². The van der Waals surface area contributed by atoms with E-state index in [1.165, 1.54) is 0 Å². The summed E-state index contributed by atoms with van der Waals surface area (Å²) in [5.74, 6) is 0.0269. The molecule has 0 saturated carbocycles. The summed E-state index contributed by atoms with van der Waals surface area (Å²) in [6.07, 6.45) is 3.48. The van der Waals surface area contributed by atoms with Gasteiger partial charge in [0.05, 0.1) is 0 Å². The summed E-state index contributed by atoms with van der Waals surface area (Å²) in [6, 6.07) is 12.0. The number of hydrogen-bond acceptors (Lipinski definition) is 1. The molecule has 0 heterocycles. The monoisotopic (exact) mass is 257 g/mol. The van der Waals surface area contributed by atoms with Crippen molar-refractivity contribution < 1.29 is 4.79 Å². The van der Waals surface area contributed by atoms with E-state index < -0.39 is 0 Å². The van der Waals surface area contributed by atoms with Gasteiger partial charge in [-0.05, 0) is 0 Å². The first kappa shape index (κ1) is 14.7. The summed E-state index contributed by atoms with van der Waals surface area (Å²) < 4.78 is 0.992. The van der Waals surface area contributed by atoms with E-state index in [0.29, 0.717) is 13.1 Å². The van der Waals surface area contributed by atoms with Gasteiger partial charge in [-0.25, -0.2) is 0 Å². The fraction of sp³-hybridized carbons (Fsp3) is 0.118. The first-order valence-electron chi connectivity index (χ1n) is 6.68. The summed E-state index contributed by atoms with van der Waals surface area (Å²) >= 11 is 1.97. The zero-order chi connectivity index (χ0) is 14.5. The quantitative estimate of drug-likeness (QED) is 0.595. The summed E-state index contributed by atoms with van der Waals surface area (Å²) in [6.45, 7) is 8.47. The number of carbonyl (C=O) groups is 1. The summed E-state index contributed by atoms with van der Waals surface area (Å²) in [4.78, 5) is 14.5. The van der Waals surface area contributed by atoms with E-state index in [0.717, 1.165) is 20.6 Å². The average Bonchev–Trinajstić information content (AvgIpc) is 2.46. The molecule has 20 heavy (non-hydrogen) atoms. The third-order valence-corrected chi connectivity index (χ3v) is 3.34. The van der Waals surface area contributed by atoms with E-state index in [-0.39, 0.29) is 5.91 Å². The van der Waals surface area contributed by atoms with Crippen molar-refractivity contribution in [2.24, 2.45) is 0 Å². The third-order valence-electron chi connectivity index (χ3n) is 3.34. The van der Waals surface area contributed by atoms with Crippen molar-refractivity contribution >= 4 is 38.6 Å². The molecule has 0 unspecified atom stereocenters. The number of carbonyl (C=O) groups excluding carboxylic acids is 1. The SMILES string of the molecule is [Li][c]1ccc2ccccc2c1C(=O)N(CC=C)CC=C. The van der Waals surface area contributed by atoms with Gasteiger partial charge in [-0.15, -0.1) is 0 Å². The topological polar surface area (TPSA) is 20.3 Å². The number of benzene rings is 2. The third kappa shape index (κ3) is 2.87. The van der Waals surface area contributed by atoms with Crippen molar-refractivity contribution in [2.75, 3.05) is 13.1 Å². The Morgan fingerprint density at radius 3 is 2.40 bits per heavy atom. The molecule has 0 bridgehead atoms. The van der Waals surface area contributed by atoms with E-state index in [1.54, 1.807) is 17.1 Å². The summed E-state index contributed by atoms with van der Waals surface area (Å²) in [7, 11) is 0. The molecule has 0 radical (unpaired) electrons. The van der Waals surface area contributed by atoms with Crippen LogP contribution in [0.4, 0.5) is 0 Å². The molecule has 2 rings (SSSR count). The first-order chi connectivity index (χ1) is 9.69. The van der Waals surface area contributed by atoms with Crippen LogP contribution >= 0.6 is 0 Å². The minimum absolute atomic E-state index is 0.0269. The van der Waals surface area contributed by atoms with Crippen molar-refractivity contribution in [3.8, 4) is 0 Å². The van der Waals surface area contributed by atoms with E-state index in [2.05, 4.69) is 13.2 Å². The van der Waals surface area contributed by atoms with Crippen LogP contribution in [0, 0.1) is 0 Å². The zero-order valence-electron chi connectivity index (χ0n) is 11.8. The normalized spacial score (nSPS) is 10.3. The Bertz CT molecular complexity index is 653.